The summed E-state index contributed by atoms with van der Waals surface area (Å²) in [6.45, 7) is 0. The minimum Gasteiger partial charge on any atom is -0.419 e. The molecule has 0 spiro atoms. The Labute approximate surface area is 169 Å². The maximum absolute atomic E-state index is 5.95. The molecule has 142 valence electrons. The van der Waals surface area contributed by atoms with E-state index in [1.807, 2.05) is 60.7 Å². The molecule has 0 aliphatic rings. The Bertz CT molecular complexity index is 1380. The van der Waals surface area contributed by atoms with Crippen LogP contribution in [0.5, 0.6) is 0 Å². The second-order valence-electron chi connectivity index (χ2n) is 6.29. The second kappa shape index (κ2) is 7.10. The van der Waals surface area contributed by atoms with Crippen LogP contribution in [0.15, 0.2) is 79.5 Å². The first-order chi connectivity index (χ1) is 14.3. The van der Waals surface area contributed by atoms with Crippen molar-refractivity contribution in [2.75, 3.05) is 14.1 Å². The molecule has 0 saturated carbocycles. The minimum atomic E-state index is 0.516. The lowest BCUT2D eigenvalue weighted by atomic mass is 10.2. The zero-order valence-corrected chi connectivity index (χ0v) is 16.6. The molecule has 0 fully saturated rings. The minimum absolute atomic E-state index is 0.516. The summed E-state index contributed by atoms with van der Waals surface area (Å²) in [5.74, 6) is 1.03. The van der Waals surface area contributed by atoms with Crippen molar-refractivity contribution in [3.8, 4) is 21.5 Å². The molecule has 0 N–H and O–H groups in total. The zero-order valence-electron chi connectivity index (χ0n) is 15.8. The number of hydrogen-bond donors (Lipinski definition) is 0. The lowest BCUT2D eigenvalue weighted by molar-refractivity contribution is 0.503. The molecule has 0 aliphatic heterocycles. The molecule has 0 aliphatic carbocycles. The molecule has 0 saturated heterocycles. The van der Waals surface area contributed by atoms with Gasteiger partial charge in [-0.05, 0) is 36.4 Å². The van der Waals surface area contributed by atoms with Gasteiger partial charge in [-0.25, -0.2) is 9.97 Å². The Morgan fingerprint density at radius 1 is 0.655 bits per heavy atom. The highest BCUT2D eigenvalue weighted by Crippen LogP contribution is 2.33. The van der Waals surface area contributed by atoms with E-state index in [2.05, 4.69) is 20.0 Å². The molecule has 3 heterocycles. The molecule has 2 aromatic carbocycles. The molecule has 29 heavy (non-hydrogen) atoms. The zero-order chi connectivity index (χ0) is 19.8. The van der Waals surface area contributed by atoms with E-state index in [0.29, 0.717) is 22.9 Å². The fourth-order valence-corrected chi connectivity index (χ4v) is 4.03. The van der Waals surface area contributed by atoms with Gasteiger partial charge in [0.1, 0.15) is 0 Å². The summed E-state index contributed by atoms with van der Waals surface area (Å²) in [5, 5.41) is 1.77. The molecular formula is C22H16N4O2S. The van der Waals surface area contributed by atoms with Crippen LogP contribution in [0, 0.1) is 0 Å². The van der Waals surface area contributed by atoms with Crippen LogP contribution in [0.2, 0.25) is 0 Å². The van der Waals surface area contributed by atoms with Crippen molar-refractivity contribution in [1.82, 2.24) is 9.97 Å². The van der Waals surface area contributed by atoms with Gasteiger partial charge in [-0.2, -0.15) is 0 Å². The third-order valence-corrected chi connectivity index (χ3v) is 5.59. The fraction of sp³-hybridized carbons (Fsp3) is 0.0909. The maximum atomic E-state index is 5.95. The Morgan fingerprint density at radius 3 is 1.55 bits per heavy atom. The van der Waals surface area contributed by atoms with Crippen molar-refractivity contribution in [2.24, 2.45) is 9.98 Å². The highest BCUT2D eigenvalue weighted by atomic mass is 32.1. The predicted molar refractivity (Wildman–Crippen MR) is 113 cm³/mol. The number of hydrogen-bond acceptors (Lipinski definition) is 7. The largest absolute Gasteiger partial charge is 0.419 e. The van der Waals surface area contributed by atoms with E-state index in [1.165, 1.54) is 11.3 Å². The van der Waals surface area contributed by atoms with E-state index in [9.17, 15) is 0 Å². The summed E-state index contributed by atoms with van der Waals surface area (Å²) in [7, 11) is 3.42. The van der Waals surface area contributed by atoms with Crippen LogP contribution in [0.25, 0.3) is 43.3 Å². The molecule has 0 unspecified atom stereocenters. The van der Waals surface area contributed by atoms with E-state index in [4.69, 9.17) is 8.83 Å². The third kappa shape index (κ3) is 3.05. The number of benzene rings is 2. The maximum Gasteiger partial charge on any atom is 0.239 e. The van der Waals surface area contributed by atoms with Gasteiger partial charge in [0, 0.05) is 14.1 Å². The van der Waals surface area contributed by atoms with Crippen molar-refractivity contribution >= 4 is 33.1 Å². The van der Waals surface area contributed by atoms with Gasteiger partial charge in [0.2, 0.25) is 22.9 Å². The van der Waals surface area contributed by atoms with E-state index < -0.39 is 0 Å². The Hall–Kier alpha value is -3.58. The van der Waals surface area contributed by atoms with Crippen molar-refractivity contribution in [3.63, 3.8) is 0 Å². The number of para-hydroxylation sites is 2. The summed E-state index contributed by atoms with van der Waals surface area (Å²) >= 11 is 1.50. The van der Waals surface area contributed by atoms with Gasteiger partial charge in [0.05, 0.1) is 31.6 Å². The van der Waals surface area contributed by atoms with Crippen LogP contribution in [0.1, 0.15) is 0 Å². The molecule has 0 bridgehead atoms. The number of aromatic nitrogens is 2. The first-order valence-electron chi connectivity index (χ1n) is 9.03. The quantitative estimate of drug-likeness (QED) is 0.439. The standard InChI is InChI=1S/C22H16N4O2S/c1-23-19-13-7-3-5-9-15(13)25-21(27-19)17-11-12-18(29-17)22-26-16-10-6-4-8-14(16)20(24-2)28-22/h3-12H,1-2H3. The van der Waals surface area contributed by atoms with Crippen molar-refractivity contribution in [3.05, 3.63) is 71.8 Å². The van der Waals surface area contributed by atoms with Gasteiger partial charge >= 0.3 is 0 Å². The van der Waals surface area contributed by atoms with Crippen molar-refractivity contribution in [2.45, 2.75) is 0 Å². The third-order valence-electron chi connectivity index (χ3n) is 4.53. The fourth-order valence-electron chi connectivity index (χ4n) is 3.17. The van der Waals surface area contributed by atoms with Gasteiger partial charge in [-0.3, -0.25) is 9.98 Å². The van der Waals surface area contributed by atoms with Gasteiger partial charge in [0.15, 0.2) is 0 Å². The van der Waals surface area contributed by atoms with Gasteiger partial charge in [-0.15, -0.1) is 11.3 Å². The van der Waals surface area contributed by atoms with E-state index >= 15 is 0 Å². The lowest BCUT2D eigenvalue weighted by Gasteiger charge is -2.02. The highest BCUT2D eigenvalue weighted by Gasteiger charge is 2.14. The first kappa shape index (κ1) is 17.5. The number of thiophene rings is 1. The van der Waals surface area contributed by atoms with E-state index in [1.54, 1.807) is 14.1 Å². The summed E-state index contributed by atoms with van der Waals surface area (Å²) < 4.78 is 11.9. The van der Waals surface area contributed by atoms with Gasteiger partial charge < -0.3 is 8.83 Å². The SMILES string of the molecule is CN=c1oc(-c2ccc(-c3nc4ccccc4c(=NC)o3)s2)nc2ccccc12. The van der Waals surface area contributed by atoms with Crippen LogP contribution in [0.3, 0.4) is 0 Å². The van der Waals surface area contributed by atoms with Crippen LogP contribution < -0.4 is 11.1 Å². The van der Waals surface area contributed by atoms with Gasteiger partial charge in [-0.1, -0.05) is 24.3 Å². The van der Waals surface area contributed by atoms with Crippen LogP contribution in [-0.4, -0.2) is 24.1 Å². The van der Waals surface area contributed by atoms with Crippen LogP contribution in [0.4, 0.5) is 0 Å². The van der Waals surface area contributed by atoms with Gasteiger partial charge in [0.25, 0.3) is 0 Å². The Morgan fingerprint density at radius 2 is 1.10 bits per heavy atom. The molecule has 6 nitrogen and oxygen atoms in total. The summed E-state index contributed by atoms with van der Waals surface area (Å²) in [6.07, 6.45) is 0. The topological polar surface area (TPSA) is 76.8 Å². The molecule has 5 aromatic rings. The van der Waals surface area contributed by atoms with E-state index in [-0.39, 0.29) is 0 Å². The number of nitrogens with zero attached hydrogens (tertiary/aromatic N) is 4. The Kier molecular flexibility index (Phi) is 4.29. The van der Waals surface area contributed by atoms with Crippen molar-refractivity contribution in [1.29, 1.82) is 0 Å². The molecule has 3 aromatic heterocycles. The average Bonchev–Trinajstić information content (AvgIpc) is 3.28. The number of rotatable bonds is 2. The van der Waals surface area contributed by atoms with Crippen molar-refractivity contribution < 1.29 is 8.83 Å². The number of fused-ring (bicyclic) bond motifs is 2. The van der Waals surface area contributed by atoms with Crippen LogP contribution in [-0.2, 0) is 0 Å². The van der Waals surface area contributed by atoms with E-state index in [0.717, 1.165) is 31.6 Å². The smallest absolute Gasteiger partial charge is 0.239 e. The molecule has 7 heteroatoms. The molecule has 5 rings (SSSR count). The van der Waals surface area contributed by atoms with Crippen LogP contribution >= 0.6 is 11.3 Å². The highest BCUT2D eigenvalue weighted by molar-refractivity contribution is 7.18. The normalized spacial score (nSPS) is 12.9. The molecule has 0 radical (unpaired) electrons. The predicted octanol–water partition coefficient (Wildman–Crippen LogP) is 4.43. The summed E-state index contributed by atoms with van der Waals surface area (Å²) in [6, 6.07) is 19.5. The monoisotopic (exact) mass is 400 g/mol. The molecule has 0 atom stereocenters. The second-order valence-corrected chi connectivity index (χ2v) is 7.38. The Balaban J connectivity index is 1.66. The first-order valence-corrected chi connectivity index (χ1v) is 9.84. The lowest BCUT2D eigenvalue weighted by Crippen LogP contribution is -2.04. The summed E-state index contributed by atoms with van der Waals surface area (Å²) in [4.78, 5) is 19.6. The molecular weight excluding hydrogens is 384 g/mol. The average molecular weight is 400 g/mol. The molecule has 0 amide bonds. The summed E-state index contributed by atoms with van der Waals surface area (Å²) in [5.41, 5.74) is 2.79.